The summed E-state index contributed by atoms with van der Waals surface area (Å²) in [5.41, 5.74) is 0.0565. The molecule has 0 spiro atoms. The van der Waals surface area contributed by atoms with Gasteiger partial charge in [0.25, 0.3) is 0 Å². The van der Waals surface area contributed by atoms with E-state index in [1.54, 1.807) is 0 Å². The maximum absolute atomic E-state index is 13.0. The molecule has 0 radical (unpaired) electrons. The van der Waals surface area contributed by atoms with E-state index in [1.807, 2.05) is 56.0 Å². The van der Waals surface area contributed by atoms with Crippen molar-refractivity contribution < 1.29 is 14.3 Å². The Morgan fingerprint density at radius 1 is 1.00 bits per heavy atom. The number of carbonyl (C=O) groups is 2. The van der Waals surface area contributed by atoms with Crippen LogP contribution in [-0.4, -0.2) is 91.2 Å². The first-order valence-electron chi connectivity index (χ1n) is 11.0. The van der Waals surface area contributed by atoms with Crippen molar-refractivity contribution in [2.24, 2.45) is 0 Å². The Bertz CT molecular complexity index is 703. The van der Waals surface area contributed by atoms with Gasteiger partial charge in [-0.1, -0.05) is 18.2 Å². The van der Waals surface area contributed by atoms with Gasteiger partial charge in [-0.2, -0.15) is 0 Å². The van der Waals surface area contributed by atoms with Crippen molar-refractivity contribution >= 4 is 17.7 Å². The highest BCUT2D eigenvalue weighted by Crippen LogP contribution is 2.21. The monoisotopic (exact) mass is 416 g/mol. The fourth-order valence-corrected chi connectivity index (χ4v) is 4.09. The van der Waals surface area contributed by atoms with Crippen molar-refractivity contribution in [1.82, 2.24) is 14.7 Å². The summed E-state index contributed by atoms with van der Waals surface area (Å²) in [5.74, 6) is -0.0264. The summed E-state index contributed by atoms with van der Waals surface area (Å²) in [7, 11) is 2.17. The van der Waals surface area contributed by atoms with Crippen LogP contribution in [0.25, 0.3) is 0 Å². The second kappa shape index (κ2) is 9.79. The molecule has 3 rings (SSSR count). The van der Waals surface area contributed by atoms with E-state index in [4.69, 9.17) is 4.74 Å². The number of amides is 2. The van der Waals surface area contributed by atoms with E-state index in [0.29, 0.717) is 11.7 Å². The van der Waals surface area contributed by atoms with E-state index in [0.717, 1.165) is 52.1 Å². The lowest BCUT2D eigenvalue weighted by molar-refractivity contribution is -0.131. The average Bonchev–Trinajstić information content (AvgIpc) is 2.72. The Morgan fingerprint density at radius 3 is 2.17 bits per heavy atom. The second-order valence-corrected chi connectivity index (χ2v) is 9.35. The zero-order valence-electron chi connectivity index (χ0n) is 18.8. The summed E-state index contributed by atoms with van der Waals surface area (Å²) < 4.78 is 5.55. The largest absolute Gasteiger partial charge is 0.443 e. The van der Waals surface area contributed by atoms with Gasteiger partial charge in [-0.25, -0.2) is 4.79 Å². The highest BCUT2D eigenvalue weighted by molar-refractivity contribution is 5.95. The van der Waals surface area contributed by atoms with E-state index >= 15 is 0 Å². The van der Waals surface area contributed by atoms with Crippen molar-refractivity contribution in [3.05, 3.63) is 30.3 Å². The second-order valence-electron chi connectivity index (χ2n) is 9.35. The van der Waals surface area contributed by atoms with Crippen LogP contribution in [0.1, 0.15) is 33.6 Å². The van der Waals surface area contributed by atoms with Crippen molar-refractivity contribution in [1.29, 1.82) is 0 Å². The van der Waals surface area contributed by atoms with Crippen LogP contribution in [0.3, 0.4) is 0 Å². The molecule has 0 bridgehead atoms. The number of piperazine rings is 1. The summed E-state index contributed by atoms with van der Waals surface area (Å²) in [5, 5.41) is 0. The number of likely N-dealkylation sites (tertiary alicyclic amines) is 1. The van der Waals surface area contributed by atoms with E-state index < -0.39 is 11.7 Å². The molecule has 2 aliphatic rings. The van der Waals surface area contributed by atoms with E-state index in [-0.39, 0.29) is 12.5 Å². The van der Waals surface area contributed by atoms with Gasteiger partial charge in [0, 0.05) is 51.0 Å². The third-order valence-electron chi connectivity index (χ3n) is 5.85. The van der Waals surface area contributed by atoms with Crippen LogP contribution < -0.4 is 4.90 Å². The summed E-state index contributed by atoms with van der Waals surface area (Å²) in [4.78, 5) is 34.1. The molecular weight excluding hydrogens is 380 g/mol. The first-order valence-corrected chi connectivity index (χ1v) is 11.0. The molecule has 2 fully saturated rings. The molecule has 0 aromatic heterocycles. The molecule has 0 atom stereocenters. The first kappa shape index (κ1) is 22.6. The highest BCUT2D eigenvalue weighted by atomic mass is 16.6. The van der Waals surface area contributed by atoms with Crippen molar-refractivity contribution in [2.75, 3.05) is 57.8 Å². The zero-order valence-corrected chi connectivity index (χ0v) is 18.8. The molecular formula is C23H36N4O3. The van der Waals surface area contributed by atoms with Crippen LogP contribution in [0.15, 0.2) is 30.3 Å². The number of hydrogen-bond donors (Lipinski definition) is 0. The summed E-state index contributed by atoms with van der Waals surface area (Å²) >= 11 is 0. The van der Waals surface area contributed by atoms with Gasteiger partial charge in [-0.05, 0) is 52.8 Å². The molecule has 1 aromatic carbocycles. The first-order chi connectivity index (χ1) is 14.2. The van der Waals surface area contributed by atoms with Crippen LogP contribution in [-0.2, 0) is 9.53 Å². The molecule has 166 valence electrons. The van der Waals surface area contributed by atoms with Gasteiger partial charge in [-0.3, -0.25) is 14.6 Å². The summed E-state index contributed by atoms with van der Waals surface area (Å²) in [6.45, 7) is 11.4. The third-order valence-corrected chi connectivity index (χ3v) is 5.85. The van der Waals surface area contributed by atoms with Gasteiger partial charge in [0.05, 0.1) is 0 Å². The van der Waals surface area contributed by atoms with Crippen LogP contribution in [0.4, 0.5) is 10.5 Å². The van der Waals surface area contributed by atoms with Crippen LogP contribution in [0, 0.1) is 0 Å². The van der Waals surface area contributed by atoms with Gasteiger partial charge in [-0.15, -0.1) is 0 Å². The lowest BCUT2D eigenvalue weighted by Crippen LogP contribution is -2.54. The van der Waals surface area contributed by atoms with E-state index in [2.05, 4.69) is 16.8 Å². The summed E-state index contributed by atoms with van der Waals surface area (Å²) in [6, 6.07) is 9.83. The minimum atomic E-state index is -0.617. The fraction of sp³-hybridized carbons (Fsp3) is 0.652. The molecule has 1 aromatic rings. The predicted molar refractivity (Wildman–Crippen MR) is 119 cm³/mol. The Hall–Kier alpha value is -2.12. The summed E-state index contributed by atoms with van der Waals surface area (Å²) in [6.07, 6.45) is 1.50. The van der Waals surface area contributed by atoms with E-state index in [1.165, 1.54) is 4.90 Å². The molecule has 7 nitrogen and oxygen atoms in total. The maximum Gasteiger partial charge on any atom is 0.415 e. The minimum Gasteiger partial charge on any atom is -0.443 e. The fourth-order valence-electron chi connectivity index (χ4n) is 4.09. The SMILES string of the molecule is CN1CCN(C2CCN(C(=O)CN(C(=O)OC(C)(C)C)c3ccccc3)CC2)CC1. The molecule has 2 aliphatic heterocycles. The Labute approximate surface area is 180 Å². The standard InChI is InChI=1S/C23H36N4O3/c1-23(2,3)30-22(29)27(20-8-6-5-7-9-20)18-21(28)26-12-10-19(11-13-26)25-16-14-24(4)15-17-25/h5-9,19H,10-18H2,1-4H3. The number of hydrogen-bond acceptors (Lipinski definition) is 5. The molecule has 0 unspecified atom stereocenters. The highest BCUT2D eigenvalue weighted by Gasteiger charge is 2.31. The Kier molecular flexibility index (Phi) is 7.36. The molecule has 2 amide bonds. The molecule has 2 saturated heterocycles. The lowest BCUT2D eigenvalue weighted by atomic mass is 10.0. The number of rotatable bonds is 4. The number of carbonyl (C=O) groups excluding carboxylic acids is 2. The lowest BCUT2D eigenvalue weighted by Gasteiger charge is -2.42. The van der Waals surface area contributed by atoms with Gasteiger partial charge >= 0.3 is 6.09 Å². The third kappa shape index (κ3) is 6.19. The topological polar surface area (TPSA) is 56.3 Å². The van der Waals surface area contributed by atoms with Crippen molar-refractivity contribution in [2.45, 2.75) is 45.3 Å². The molecule has 2 heterocycles. The normalized spacial score (nSPS) is 19.5. The number of benzene rings is 1. The van der Waals surface area contributed by atoms with Gasteiger partial charge < -0.3 is 14.5 Å². The number of ether oxygens (including phenoxy) is 1. The maximum atomic E-state index is 13.0. The average molecular weight is 417 g/mol. The number of anilines is 1. The van der Waals surface area contributed by atoms with Gasteiger partial charge in [0.15, 0.2) is 0 Å². The molecule has 0 saturated carbocycles. The van der Waals surface area contributed by atoms with Crippen LogP contribution in [0.5, 0.6) is 0 Å². The quantitative estimate of drug-likeness (QED) is 0.755. The van der Waals surface area contributed by atoms with Gasteiger partial charge in [0.2, 0.25) is 5.91 Å². The number of para-hydroxylation sites is 1. The van der Waals surface area contributed by atoms with Crippen molar-refractivity contribution in [3.63, 3.8) is 0 Å². The number of piperidine rings is 1. The van der Waals surface area contributed by atoms with Crippen LogP contribution in [0.2, 0.25) is 0 Å². The molecule has 30 heavy (non-hydrogen) atoms. The Balaban J connectivity index is 1.59. The predicted octanol–water partition coefficient (Wildman–Crippen LogP) is 2.67. The zero-order chi connectivity index (χ0) is 21.7. The van der Waals surface area contributed by atoms with Gasteiger partial charge in [0.1, 0.15) is 12.1 Å². The number of nitrogens with zero attached hydrogens (tertiary/aromatic N) is 4. The van der Waals surface area contributed by atoms with Crippen molar-refractivity contribution in [3.8, 4) is 0 Å². The molecule has 7 heteroatoms. The molecule has 0 N–H and O–H groups in total. The van der Waals surface area contributed by atoms with Crippen LogP contribution >= 0.6 is 0 Å². The number of likely N-dealkylation sites (N-methyl/N-ethyl adjacent to an activating group) is 1. The Morgan fingerprint density at radius 2 is 1.60 bits per heavy atom. The van der Waals surface area contributed by atoms with E-state index in [9.17, 15) is 9.59 Å². The minimum absolute atomic E-state index is 0.00188. The molecule has 0 aliphatic carbocycles. The smallest absolute Gasteiger partial charge is 0.415 e.